The number of hydrogen-bond donors (Lipinski definition) is 1. The van der Waals surface area contributed by atoms with Gasteiger partial charge in [-0.15, -0.1) is 0 Å². The third-order valence-electron chi connectivity index (χ3n) is 3.34. The van der Waals surface area contributed by atoms with E-state index in [2.05, 4.69) is 78.1 Å². The van der Waals surface area contributed by atoms with E-state index in [1.807, 2.05) is 0 Å². The van der Waals surface area contributed by atoms with Crippen molar-refractivity contribution in [2.45, 2.75) is 6.42 Å². The van der Waals surface area contributed by atoms with Crippen LogP contribution in [0.15, 0.2) is 72.8 Å². The summed E-state index contributed by atoms with van der Waals surface area (Å²) in [5.41, 5.74) is 2.56. The number of nitrogens with one attached hydrogen (secondary N) is 1. The van der Waals surface area contributed by atoms with E-state index in [0.29, 0.717) is 0 Å². The van der Waals surface area contributed by atoms with E-state index in [1.165, 1.54) is 22.0 Å². The van der Waals surface area contributed by atoms with Crippen molar-refractivity contribution in [1.82, 2.24) is 0 Å². The first kappa shape index (κ1) is 11.8. The molecule has 0 unspecified atom stereocenters. The minimum absolute atomic E-state index is 0.961. The molecule has 94 valence electrons. The number of benzene rings is 3. The van der Waals surface area contributed by atoms with Crippen LogP contribution in [0.25, 0.3) is 10.8 Å². The topological polar surface area (TPSA) is 12.0 Å². The smallest absolute Gasteiger partial charge is 0.0346 e. The maximum Gasteiger partial charge on any atom is 0.0346 e. The van der Waals surface area contributed by atoms with Crippen molar-refractivity contribution in [2.75, 3.05) is 11.9 Å². The predicted octanol–water partition coefficient (Wildman–Crippen LogP) is 4.49. The summed E-state index contributed by atoms with van der Waals surface area (Å²) in [4.78, 5) is 0. The molecule has 0 fully saturated rings. The number of anilines is 1. The van der Waals surface area contributed by atoms with Gasteiger partial charge in [0, 0.05) is 12.2 Å². The number of fused-ring (bicyclic) bond motifs is 1. The summed E-state index contributed by atoms with van der Waals surface area (Å²) in [5.74, 6) is 0. The molecular weight excluding hydrogens is 230 g/mol. The number of rotatable bonds is 4. The molecule has 0 aliphatic carbocycles. The summed E-state index contributed by atoms with van der Waals surface area (Å²) in [6.07, 6.45) is 1.05. The highest BCUT2D eigenvalue weighted by Crippen LogP contribution is 2.18. The first-order valence-corrected chi connectivity index (χ1v) is 6.68. The summed E-state index contributed by atoms with van der Waals surface area (Å²) < 4.78 is 0. The Morgan fingerprint density at radius 1 is 0.684 bits per heavy atom. The van der Waals surface area contributed by atoms with Crippen LogP contribution in [0.3, 0.4) is 0 Å². The van der Waals surface area contributed by atoms with Crippen molar-refractivity contribution in [1.29, 1.82) is 0 Å². The monoisotopic (exact) mass is 247 g/mol. The standard InChI is InChI=1S/C18H17N/c1-2-6-15(7-3-1)12-13-19-18-11-10-16-8-4-5-9-17(16)14-18/h1-11,14,19H,12-13H2. The van der Waals surface area contributed by atoms with Gasteiger partial charge in [0.2, 0.25) is 0 Å². The highest BCUT2D eigenvalue weighted by Gasteiger charge is 1.96. The van der Waals surface area contributed by atoms with Crippen LogP contribution in [0.2, 0.25) is 0 Å². The molecule has 3 rings (SSSR count). The maximum atomic E-state index is 3.49. The molecule has 0 aromatic heterocycles. The van der Waals surface area contributed by atoms with Crippen LogP contribution in [0.4, 0.5) is 5.69 Å². The summed E-state index contributed by atoms with van der Waals surface area (Å²) in [6, 6.07) is 25.5. The zero-order chi connectivity index (χ0) is 12.9. The largest absolute Gasteiger partial charge is 0.385 e. The van der Waals surface area contributed by atoms with Gasteiger partial charge in [-0.2, -0.15) is 0 Å². The Morgan fingerprint density at radius 3 is 2.26 bits per heavy atom. The predicted molar refractivity (Wildman–Crippen MR) is 82.6 cm³/mol. The van der Waals surface area contributed by atoms with Crippen molar-refractivity contribution in [3.05, 3.63) is 78.4 Å². The molecule has 0 heterocycles. The fourth-order valence-electron chi connectivity index (χ4n) is 2.30. The molecule has 0 spiro atoms. The molecule has 0 aliphatic rings. The third kappa shape index (κ3) is 2.94. The molecule has 0 atom stereocenters. The lowest BCUT2D eigenvalue weighted by Crippen LogP contribution is -2.04. The van der Waals surface area contributed by atoms with Gasteiger partial charge in [-0.25, -0.2) is 0 Å². The quantitative estimate of drug-likeness (QED) is 0.716. The molecule has 0 amide bonds. The summed E-state index contributed by atoms with van der Waals surface area (Å²) in [5, 5.41) is 6.06. The van der Waals surface area contributed by atoms with Gasteiger partial charge in [-0.3, -0.25) is 0 Å². The molecule has 1 heteroatoms. The molecule has 0 bridgehead atoms. The lowest BCUT2D eigenvalue weighted by Gasteiger charge is -2.07. The van der Waals surface area contributed by atoms with Gasteiger partial charge in [0.05, 0.1) is 0 Å². The maximum absolute atomic E-state index is 3.49. The molecule has 3 aromatic carbocycles. The first-order chi connectivity index (χ1) is 9.42. The van der Waals surface area contributed by atoms with Gasteiger partial charge < -0.3 is 5.32 Å². The van der Waals surface area contributed by atoms with Gasteiger partial charge in [0.15, 0.2) is 0 Å². The van der Waals surface area contributed by atoms with Crippen LogP contribution in [-0.2, 0) is 6.42 Å². The van der Waals surface area contributed by atoms with Gasteiger partial charge in [-0.05, 0) is 34.9 Å². The Hall–Kier alpha value is -2.28. The molecule has 1 N–H and O–H groups in total. The second-order valence-electron chi connectivity index (χ2n) is 4.72. The molecule has 0 aliphatic heterocycles. The zero-order valence-corrected chi connectivity index (χ0v) is 10.8. The first-order valence-electron chi connectivity index (χ1n) is 6.68. The average Bonchev–Trinajstić information content (AvgIpc) is 2.48. The van der Waals surface area contributed by atoms with Crippen molar-refractivity contribution in [3.63, 3.8) is 0 Å². The molecular formula is C18H17N. The van der Waals surface area contributed by atoms with E-state index in [0.717, 1.165) is 13.0 Å². The van der Waals surface area contributed by atoms with E-state index >= 15 is 0 Å². The van der Waals surface area contributed by atoms with Crippen LogP contribution in [0.5, 0.6) is 0 Å². The Labute approximate surface area is 113 Å². The Bertz CT molecular complexity index is 659. The van der Waals surface area contributed by atoms with Gasteiger partial charge in [0.1, 0.15) is 0 Å². The highest BCUT2D eigenvalue weighted by molar-refractivity contribution is 5.85. The Morgan fingerprint density at radius 2 is 1.42 bits per heavy atom. The van der Waals surface area contributed by atoms with E-state index < -0.39 is 0 Å². The SMILES string of the molecule is c1ccc(CCNc2ccc3ccccc3c2)cc1. The van der Waals surface area contributed by atoms with Crippen LogP contribution in [0.1, 0.15) is 5.56 Å². The summed E-state index contributed by atoms with van der Waals surface area (Å²) in [6.45, 7) is 0.961. The van der Waals surface area contributed by atoms with Crippen LogP contribution < -0.4 is 5.32 Å². The lowest BCUT2D eigenvalue weighted by molar-refractivity contribution is 1.02. The number of hydrogen-bond acceptors (Lipinski definition) is 1. The lowest BCUT2D eigenvalue weighted by atomic mass is 10.1. The third-order valence-corrected chi connectivity index (χ3v) is 3.34. The van der Waals surface area contributed by atoms with E-state index in [-0.39, 0.29) is 0 Å². The van der Waals surface area contributed by atoms with E-state index in [1.54, 1.807) is 0 Å². The van der Waals surface area contributed by atoms with Crippen molar-refractivity contribution in [2.24, 2.45) is 0 Å². The van der Waals surface area contributed by atoms with Crippen LogP contribution in [-0.4, -0.2) is 6.54 Å². The Balaban J connectivity index is 1.65. The molecule has 0 saturated heterocycles. The van der Waals surface area contributed by atoms with Gasteiger partial charge in [-0.1, -0.05) is 60.7 Å². The second-order valence-corrected chi connectivity index (χ2v) is 4.72. The van der Waals surface area contributed by atoms with Gasteiger partial charge in [0.25, 0.3) is 0 Å². The van der Waals surface area contributed by atoms with Crippen molar-refractivity contribution in [3.8, 4) is 0 Å². The van der Waals surface area contributed by atoms with Gasteiger partial charge >= 0.3 is 0 Å². The van der Waals surface area contributed by atoms with E-state index in [9.17, 15) is 0 Å². The molecule has 3 aromatic rings. The minimum atomic E-state index is 0.961. The highest BCUT2D eigenvalue weighted by atomic mass is 14.9. The summed E-state index contributed by atoms with van der Waals surface area (Å²) >= 11 is 0. The van der Waals surface area contributed by atoms with Crippen molar-refractivity contribution < 1.29 is 0 Å². The average molecular weight is 247 g/mol. The molecule has 0 radical (unpaired) electrons. The van der Waals surface area contributed by atoms with E-state index in [4.69, 9.17) is 0 Å². The molecule has 0 saturated carbocycles. The second kappa shape index (κ2) is 5.57. The van der Waals surface area contributed by atoms with Crippen LogP contribution >= 0.6 is 0 Å². The normalized spacial score (nSPS) is 10.5. The van der Waals surface area contributed by atoms with Crippen molar-refractivity contribution >= 4 is 16.5 Å². The zero-order valence-electron chi connectivity index (χ0n) is 10.8. The summed E-state index contributed by atoms with van der Waals surface area (Å²) in [7, 11) is 0. The molecule has 19 heavy (non-hydrogen) atoms. The fraction of sp³-hybridized carbons (Fsp3) is 0.111. The van der Waals surface area contributed by atoms with Crippen LogP contribution in [0, 0.1) is 0 Å². The molecule has 1 nitrogen and oxygen atoms in total. The fourth-order valence-corrected chi connectivity index (χ4v) is 2.30. The Kier molecular flexibility index (Phi) is 3.46. The minimum Gasteiger partial charge on any atom is -0.385 e.